The molecule has 0 aromatic heterocycles. The van der Waals surface area contributed by atoms with Gasteiger partial charge in [0.25, 0.3) is 0 Å². The van der Waals surface area contributed by atoms with E-state index < -0.39 is 0 Å². The van der Waals surface area contributed by atoms with E-state index in [-0.39, 0.29) is 12.6 Å². The van der Waals surface area contributed by atoms with Gasteiger partial charge in [0.15, 0.2) is 0 Å². The number of halogens is 1. The number of unbranched alkanes of at least 4 members (excludes halogenated alkanes) is 1. The standard InChI is InChI=1S/C13H27F/c1-4-6-9-13(5-2)10-7-8-12(3)11-14/h12-13H,4-11H2,1-3H3. The molecule has 0 fully saturated rings. The third-order valence-corrected chi connectivity index (χ3v) is 3.12. The lowest BCUT2D eigenvalue weighted by Gasteiger charge is -2.15. The molecule has 0 rings (SSSR count). The molecule has 0 radical (unpaired) electrons. The van der Waals surface area contributed by atoms with Crippen LogP contribution in [-0.2, 0) is 0 Å². The van der Waals surface area contributed by atoms with Crippen LogP contribution in [-0.4, -0.2) is 6.67 Å². The monoisotopic (exact) mass is 202 g/mol. The second-order valence-electron chi connectivity index (χ2n) is 4.61. The fraction of sp³-hybridized carbons (Fsp3) is 1.00. The highest BCUT2D eigenvalue weighted by Gasteiger charge is 2.07. The van der Waals surface area contributed by atoms with E-state index >= 15 is 0 Å². The van der Waals surface area contributed by atoms with Crippen molar-refractivity contribution in [3.05, 3.63) is 0 Å². The first-order chi connectivity index (χ1) is 6.74. The summed E-state index contributed by atoms with van der Waals surface area (Å²) in [7, 11) is 0. The second kappa shape index (κ2) is 9.48. The summed E-state index contributed by atoms with van der Waals surface area (Å²) < 4.78 is 12.2. The van der Waals surface area contributed by atoms with Crippen LogP contribution in [0.1, 0.15) is 65.7 Å². The van der Waals surface area contributed by atoms with Gasteiger partial charge in [0.2, 0.25) is 0 Å². The van der Waals surface area contributed by atoms with Crippen LogP contribution in [0.5, 0.6) is 0 Å². The van der Waals surface area contributed by atoms with Gasteiger partial charge in [-0.25, -0.2) is 0 Å². The third kappa shape index (κ3) is 7.34. The molecule has 0 N–H and O–H groups in total. The van der Waals surface area contributed by atoms with E-state index in [0.717, 1.165) is 12.3 Å². The highest BCUT2D eigenvalue weighted by molar-refractivity contribution is 4.59. The zero-order valence-electron chi connectivity index (χ0n) is 10.2. The highest BCUT2D eigenvalue weighted by Crippen LogP contribution is 2.20. The van der Waals surface area contributed by atoms with Crippen molar-refractivity contribution in [1.29, 1.82) is 0 Å². The smallest absolute Gasteiger partial charge is 0.0919 e. The van der Waals surface area contributed by atoms with Crippen molar-refractivity contribution < 1.29 is 4.39 Å². The van der Waals surface area contributed by atoms with E-state index in [4.69, 9.17) is 0 Å². The van der Waals surface area contributed by atoms with Gasteiger partial charge in [-0.2, -0.15) is 0 Å². The molecule has 14 heavy (non-hydrogen) atoms. The lowest BCUT2D eigenvalue weighted by Crippen LogP contribution is -2.02. The number of hydrogen-bond donors (Lipinski definition) is 0. The Morgan fingerprint density at radius 1 is 1.00 bits per heavy atom. The molecule has 0 aliphatic rings. The Morgan fingerprint density at radius 2 is 1.64 bits per heavy atom. The Kier molecular flexibility index (Phi) is 9.44. The molecule has 0 aliphatic heterocycles. The average molecular weight is 202 g/mol. The van der Waals surface area contributed by atoms with Crippen LogP contribution in [0.15, 0.2) is 0 Å². The summed E-state index contributed by atoms with van der Waals surface area (Å²) in [5.41, 5.74) is 0. The first kappa shape index (κ1) is 13.9. The molecule has 0 nitrogen and oxygen atoms in total. The van der Waals surface area contributed by atoms with E-state index in [1.807, 2.05) is 6.92 Å². The largest absolute Gasteiger partial charge is 0.251 e. The highest BCUT2D eigenvalue weighted by atomic mass is 19.1. The summed E-state index contributed by atoms with van der Waals surface area (Å²) in [6, 6.07) is 0. The van der Waals surface area contributed by atoms with Gasteiger partial charge in [0, 0.05) is 0 Å². The van der Waals surface area contributed by atoms with Gasteiger partial charge >= 0.3 is 0 Å². The van der Waals surface area contributed by atoms with E-state index in [1.165, 1.54) is 38.5 Å². The summed E-state index contributed by atoms with van der Waals surface area (Å²) in [4.78, 5) is 0. The molecule has 2 atom stereocenters. The van der Waals surface area contributed by atoms with Gasteiger partial charge in [-0.05, 0) is 18.3 Å². The molecule has 1 heteroatoms. The number of alkyl halides is 1. The van der Waals surface area contributed by atoms with Crippen molar-refractivity contribution in [2.45, 2.75) is 65.7 Å². The molecule has 0 saturated carbocycles. The molecule has 0 bridgehead atoms. The predicted octanol–water partition coefficient (Wildman–Crippen LogP) is 4.98. The van der Waals surface area contributed by atoms with E-state index in [1.54, 1.807) is 0 Å². The predicted molar refractivity (Wildman–Crippen MR) is 62.3 cm³/mol. The van der Waals surface area contributed by atoms with Crippen LogP contribution in [0.3, 0.4) is 0 Å². The Morgan fingerprint density at radius 3 is 2.14 bits per heavy atom. The topological polar surface area (TPSA) is 0 Å². The molecule has 0 heterocycles. The van der Waals surface area contributed by atoms with Gasteiger partial charge in [0.1, 0.15) is 0 Å². The van der Waals surface area contributed by atoms with Crippen LogP contribution in [0, 0.1) is 11.8 Å². The van der Waals surface area contributed by atoms with Crippen LogP contribution in [0.2, 0.25) is 0 Å². The summed E-state index contributed by atoms with van der Waals surface area (Å²) in [5, 5.41) is 0. The Hall–Kier alpha value is -0.0700. The Balaban J connectivity index is 3.42. The maximum absolute atomic E-state index is 12.2. The minimum Gasteiger partial charge on any atom is -0.251 e. The molecule has 0 aliphatic carbocycles. The summed E-state index contributed by atoms with van der Waals surface area (Å²) >= 11 is 0. The van der Waals surface area contributed by atoms with E-state index in [2.05, 4.69) is 13.8 Å². The van der Waals surface area contributed by atoms with Crippen LogP contribution < -0.4 is 0 Å². The normalized spacial score (nSPS) is 15.4. The first-order valence-corrected chi connectivity index (χ1v) is 6.30. The molecule has 86 valence electrons. The summed E-state index contributed by atoms with van der Waals surface area (Å²) in [6.07, 6.45) is 8.92. The van der Waals surface area contributed by atoms with Crippen LogP contribution >= 0.6 is 0 Å². The molecule has 0 aromatic carbocycles. The van der Waals surface area contributed by atoms with E-state index in [0.29, 0.717) is 0 Å². The van der Waals surface area contributed by atoms with Crippen LogP contribution in [0.25, 0.3) is 0 Å². The van der Waals surface area contributed by atoms with Gasteiger partial charge in [-0.1, -0.05) is 59.3 Å². The van der Waals surface area contributed by atoms with Gasteiger partial charge < -0.3 is 0 Å². The minimum atomic E-state index is -0.147. The molecule has 0 saturated heterocycles. The molecule has 0 spiro atoms. The molecule has 2 unspecified atom stereocenters. The second-order valence-corrected chi connectivity index (χ2v) is 4.61. The number of rotatable bonds is 9. The quantitative estimate of drug-likeness (QED) is 0.494. The SMILES string of the molecule is CCCCC(CC)CCCC(C)CF. The van der Waals surface area contributed by atoms with Crippen molar-refractivity contribution in [1.82, 2.24) is 0 Å². The van der Waals surface area contributed by atoms with E-state index in [9.17, 15) is 4.39 Å². The maximum atomic E-state index is 12.2. The van der Waals surface area contributed by atoms with Gasteiger partial charge in [-0.3, -0.25) is 4.39 Å². The van der Waals surface area contributed by atoms with Crippen molar-refractivity contribution in [3.8, 4) is 0 Å². The average Bonchev–Trinajstić information content (AvgIpc) is 2.22. The van der Waals surface area contributed by atoms with Crippen molar-refractivity contribution in [2.24, 2.45) is 11.8 Å². The zero-order chi connectivity index (χ0) is 10.8. The fourth-order valence-electron chi connectivity index (χ4n) is 1.88. The molecular formula is C13H27F. The van der Waals surface area contributed by atoms with Crippen molar-refractivity contribution in [3.63, 3.8) is 0 Å². The fourth-order valence-corrected chi connectivity index (χ4v) is 1.88. The summed E-state index contributed by atoms with van der Waals surface area (Å²) in [6.45, 7) is 6.38. The van der Waals surface area contributed by atoms with Crippen molar-refractivity contribution in [2.75, 3.05) is 6.67 Å². The maximum Gasteiger partial charge on any atom is 0.0919 e. The third-order valence-electron chi connectivity index (χ3n) is 3.12. The molecule has 0 amide bonds. The van der Waals surface area contributed by atoms with Gasteiger partial charge in [-0.15, -0.1) is 0 Å². The molecule has 0 aromatic rings. The first-order valence-electron chi connectivity index (χ1n) is 6.30. The van der Waals surface area contributed by atoms with Crippen LogP contribution in [0.4, 0.5) is 4.39 Å². The zero-order valence-corrected chi connectivity index (χ0v) is 10.2. The van der Waals surface area contributed by atoms with Crippen molar-refractivity contribution >= 4 is 0 Å². The molecular weight excluding hydrogens is 175 g/mol. The lowest BCUT2D eigenvalue weighted by atomic mass is 9.92. The summed E-state index contributed by atoms with van der Waals surface area (Å²) in [5.74, 6) is 1.17. The minimum absolute atomic E-state index is 0.147. The number of hydrogen-bond acceptors (Lipinski definition) is 0. The Labute approximate surface area is 89.3 Å². The lowest BCUT2D eigenvalue weighted by molar-refractivity contribution is 0.334. The van der Waals surface area contributed by atoms with Gasteiger partial charge in [0.05, 0.1) is 6.67 Å². The Bertz CT molecular complexity index is 112.